The highest BCUT2D eigenvalue weighted by molar-refractivity contribution is 5.95. The van der Waals surface area contributed by atoms with Crippen LogP contribution in [-0.2, 0) is 18.0 Å². The number of halogens is 3. The fourth-order valence-electron chi connectivity index (χ4n) is 3.95. The van der Waals surface area contributed by atoms with E-state index in [9.17, 15) is 18.0 Å². The van der Waals surface area contributed by atoms with Gasteiger partial charge >= 0.3 is 6.18 Å². The number of fused-ring (bicyclic) bond motifs is 1. The maximum atomic E-state index is 14.1. The van der Waals surface area contributed by atoms with Crippen molar-refractivity contribution in [3.05, 3.63) is 71.8 Å². The molecule has 2 heterocycles. The summed E-state index contributed by atoms with van der Waals surface area (Å²) in [5, 5.41) is 4.15. The quantitative estimate of drug-likeness (QED) is 0.317. The topological polar surface area (TPSA) is 66.2 Å². The van der Waals surface area contributed by atoms with Crippen LogP contribution in [0.1, 0.15) is 30.4 Å². The number of aromatic nitrogens is 3. The molecule has 0 spiro atoms. The molecule has 0 radical (unpaired) electrons. The Balaban J connectivity index is 1.64. The van der Waals surface area contributed by atoms with Crippen molar-refractivity contribution >= 4 is 16.8 Å². The van der Waals surface area contributed by atoms with Crippen LogP contribution in [0.4, 0.5) is 13.2 Å². The number of hydrogen-bond donors (Lipinski definition) is 0. The second-order valence-corrected chi connectivity index (χ2v) is 8.25. The molecule has 0 saturated heterocycles. The summed E-state index contributed by atoms with van der Waals surface area (Å²) in [6.07, 6.45) is -4.49. The number of ketones is 1. The minimum Gasteiger partial charge on any atom is -0.497 e. The minimum atomic E-state index is -4.69. The van der Waals surface area contributed by atoms with Crippen molar-refractivity contribution in [2.45, 2.75) is 25.4 Å². The molecule has 9 heteroatoms. The van der Waals surface area contributed by atoms with E-state index >= 15 is 0 Å². The average Bonchev–Trinajstić information content (AvgIpc) is 3.18. The molecule has 0 unspecified atom stereocenters. The predicted molar refractivity (Wildman–Crippen MR) is 125 cm³/mol. The first kappa shape index (κ1) is 24.3. The molecule has 0 fully saturated rings. The zero-order valence-electron chi connectivity index (χ0n) is 19.5. The lowest BCUT2D eigenvalue weighted by atomic mass is 9.96. The van der Waals surface area contributed by atoms with Gasteiger partial charge in [-0.2, -0.15) is 23.3 Å². The Morgan fingerprint density at radius 2 is 1.83 bits per heavy atom. The van der Waals surface area contributed by atoms with E-state index in [0.717, 1.165) is 11.6 Å². The van der Waals surface area contributed by atoms with Crippen molar-refractivity contribution in [3.8, 4) is 22.9 Å². The molecular formula is C26H24F3N3O3. The lowest BCUT2D eigenvalue weighted by molar-refractivity contribution is -0.136. The predicted octanol–water partition coefficient (Wildman–Crippen LogP) is 5.80. The molecule has 0 N–H and O–H groups in total. The highest BCUT2D eigenvalue weighted by Crippen LogP contribution is 2.41. The van der Waals surface area contributed by atoms with E-state index in [1.54, 1.807) is 24.3 Å². The second kappa shape index (κ2) is 9.77. The number of Topliss-reactive ketones (excluding diaryl/α,β-unsaturated/α-hetero) is 1. The molecular weight excluding hydrogens is 459 g/mol. The van der Waals surface area contributed by atoms with Crippen LogP contribution < -0.4 is 9.47 Å². The van der Waals surface area contributed by atoms with Crippen LogP contribution in [0.2, 0.25) is 0 Å². The van der Waals surface area contributed by atoms with Gasteiger partial charge in [-0.15, -0.1) is 0 Å². The van der Waals surface area contributed by atoms with Gasteiger partial charge in [-0.1, -0.05) is 49.4 Å². The molecule has 0 aliphatic rings. The summed E-state index contributed by atoms with van der Waals surface area (Å²) in [6, 6.07) is 17.0. The van der Waals surface area contributed by atoms with Gasteiger partial charge in [-0.05, 0) is 23.6 Å². The van der Waals surface area contributed by atoms with E-state index in [0.29, 0.717) is 11.3 Å². The smallest absolute Gasteiger partial charge is 0.417 e. The highest BCUT2D eigenvalue weighted by atomic mass is 19.4. The summed E-state index contributed by atoms with van der Waals surface area (Å²) in [6.45, 7) is 1.53. The first-order valence-corrected chi connectivity index (χ1v) is 11.0. The first-order chi connectivity index (χ1) is 16.7. The molecule has 1 atom stereocenters. The molecule has 6 nitrogen and oxygen atoms in total. The van der Waals surface area contributed by atoms with Crippen molar-refractivity contribution in [2.75, 3.05) is 13.7 Å². The fourth-order valence-corrected chi connectivity index (χ4v) is 3.95. The molecule has 0 aliphatic heterocycles. The highest BCUT2D eigenvalue weighted by Gasteiger charge is 2.36. The van der Waals surface area contributed by atoms with E-state index < -0.39 is 11.7 Å². The number of aryl methyl sites for hydroxylation is 1. The van der Waals surface area contributed by atoms with Gasteiger partial charge in [0.2, 0.25) is 5.88 Å². The van der Waals surface area contributed by atoms with E-state index in [1.807, 2.05) is 37.3 Å². The Labute approximate surface area is 200 Å². The van der Waals surface area contributed by atoms with E-state index in [4.69, 9.17) is 9.47 Å². The Kier molecular flexibility index (Phi) is 6.77. The van der Waals surface area contributed by atoms with Crippen LogP contribution in [0, 0.1) is 0 Å². The minimum absolute atomic E-state index is 0.00209. The standard InChI is InChI=1S/C26H24F3N3O3/c1-16(17-8-5-4-6-9-17)12-19(33)15-35-22-14-21(26(27,28)29)23-24(31-32(2)25(23)30-22)18-10-7-11-20(13-18)34-3/h4-11,13-14,16H,12,15H2,1-3H3/t16-/m1/s1. The van der Waals surface area contributed by atoms with Crippen molar-refractivity contribution in [2.24, 2.45) is 7.05 Å². The van der Waals surface area contributed by atoms with Gasteiger partial charge in [0.1, 0.15) is 18.1 Å². The summed E-state index contributed by atoms with van der Waals surface area (Å²) in [7, 11) is 2.99. The number of nitrogens with zero attached hydrogens (tertiary/aromatic N) is 3. The number of hydrogen-bond acceptors (Lipinski definition) is 5. The number of ether oxygens (including phenoxy) is 2. The third-order valence-corrected chi connectivity index (χ3v) is 5.70. The molecule has 4 rings (SSSR count). The molecule has 0 aliphatic carbocycles. The number of rotatable bonds is 8. The largest absolute Gasteiger partial charge is 0.497 e. The number of alkyl halides is 3. The number of carbonyl (C=O) groups is 1. The third kappa shape index (κ3) is 5.29. The van der Waals surface area contributed by atoms with Gasteiger partial charge in [-0.3, -0.25) is 4.79 Å². The van der Waals surface area contributed by atoms with E-state index in [1.165, 1.54) is 18.8 Å². The van der Waals surface area contributed by atoms with E-state index in [2.05, 4.69) is 10.1 Å². The summed E-state index contributed by atoms with van der Waals surface area (Å²) < 4.78 is 54.2. The number of pyridine rings is 1. The summed E-state index contributed by atoms with van der Waals surface area (Å²) in [5.74, 6) is -0.0772. The molecule has 182 valence electrons. The monoisotopic (exact) mass is 483 g/mol. The SMILES string of the molecule is COc1cccc(-c2nn(C)c3nc(OCC(=O)C[C@@H](C)c4ccccc4)cc(C(F)(F)F)c23)c1. The lowest BCUT2D eigenvalue weighted by Crippen LogP contribution is -2.15. The Hall–Kier alpha value is -3.88. The zero-order valence-corrected chi connectivity index (χ0v) is 19.5. The van der Waals surface area contributed by atoms with Crippen molar-refractivity contribution in [3.63, 3.8) is 0 Å². The van der Waals surface area contributed by atoms with Crippen LogP contribution in [0.15, 0.2) is 60.7 Å². The van der Waals surface area contributed by atoms with Crippen LogP contribution in [0.5, 0.6) is 11.6 Å². The van der Waals surface area contributed by atoms with Crippen LogP contribution in [0.3, 0.4) is 0 Å². The maximum Gasteiger partial charge on any atom is 0.417 e. The second-order valence-electron chi connectivity index (χ2n) is 8.25. The van der Waals surface area contributed by atoms with Gasteiger partial charge in [0.25, 0.3) is 0 Å². The molecule has 4 aromatic rings. The fraction of sp³-hybridized carbons (Fsp3) is 0.269. The lowest BCUT2D eigenvalue weighted by Gasteiger charge is -2.13. The molecule has 0 saturated carbocycles. The summed E-state index contributed by atoms with van der Waals surface area (Å²) in [4.78, 5) is 16.7. The van der Waals surface area contributed by atoms with Gasteiger partial charge in [-0.25, -0.2) is 4.68 Å². The summed E-state index contributed by atoms with van der Waals surface area (Å²) >= 11 is 0. The van der Waals surface area contributed by atoms with Crippen molar-refractivity contribution in [1.29, 1.82) is 0 Å². The molecule has 0 amide bonds. The van der Waals surface area contributed by atoms with Gasteiger partial charge in [0.05, 0.1) is 18.1 Å². The molecule has 35 heavy (non-hydrogen) atoms. The first-order valence-electron chi connectivity index (χ1n) is 11.0. The van der Waals surface area contributed by atoms with Gasteiger partial charge < -0.3 is 9.47 Å². The van der Waals surface area contributed by atoms with Crippen molar-refractivity contribution in [1.82, 2.24) is 14.8 Å². The molecule has 0 bridgehead atoms. The Morgan fingerprint density at radius 1 is 1.09 bits per heavy atom. The Bertz CT molecular complexity index is 1350. The normalized spacial score (nSPS) is 12.5. The summed E-state index contributed by atoms with van der Waals surface area (Å²) in [5.41, 5.74) is 0.646. The molecule has 2 aromatic carbocycles. The number of carbonyl (C=O) groups excluding carboxylic acids is 1. The van der Waals surface area contributed by atoms with E-state index in [-0.39, 0.29) is 47.3 Å². The van der Waals surface area contributed by atoms with Crippen molar-refractivity contribution < 1.29 is 27.4 Å². The number of benzene rings is 2. The van der Waals surface area contributed by atoms with Gasteiger partial charge in [0, 0.05) is 25.1 Å². The van der Waals surface area contributed by atoms with Crippen LogP contribution >= 0.6 is 0 Å². The maximum absolute atomic E-state index is 14.1. The van der Waals surface area contributed by atoms with Gasteiger partial charge in [0.15, 0.2) is 11.4 Å². The third-order valence-electron chi connectivity index (χ3n) is 5.70. The Morgan fingerprint density at radius 3 is 2.51 bits per heavy atom. The number of methoxy groups -OCH3 is 1. The molecule has 2 aromatic heterocycles. The van der Waals surface area contributed by atoms with Crippen LogP contribution in [-0.4, -0.2) is 34.3 Å². The van der Waals surface area contributed by atoms with Crippen LogP contribution in [0.25, 0.3) is 22.3 Å². The average molecular weight is 483 g/mol. The zero-order chi connectivity index (χ0) is 25.2.